The first kappa shape index (κ1) is 22.4. The van der Waals surface area contributed by atoms with Gasteiger partial charge in [-0.05, 0) is 47.9 Å². The number of carbonyl (C=O) groups is 3. The van der Waals surface area contributed by atoms with Crippen LogP contribution in [0, 0.1) is 0 Å². The van der Waals surface area contributed by atoms with Gasteiger partial charge in [-0.1, -0.05) is 48.5 Å². The molecule has 1 aliphatic carbocycles. The number of fused-ring (bicyclic) bond motifs is 5. The number of benzene rings is 2. The molecule has 5 rings (SSSR count). The first-order valence-electron chi connectivity index (χ1n) is 11.7. The van der Waals surface area contributed by atoms with Gasteiger partial charge >= 0.3 is 12.1 Å². The summed E-state index contributed by atoms with van der Waals surface area (Å²) in [5.41, 5.74) is 3.35. The minimum absolute atomic E-state index is 0.0671. The molecule has 34 heavy (non-hydrogen) atoms. The molecule has 2 aromatic rings. The molecule has 1 atom stereocenters. The molecule has 1 unspecified atom stereocenters. The van der Waals surface area contributed by atoms with Crippen LogP contribution in [-0.2, 0) is 14.3 Å². The number of nitrogens with zero attached hydrogens (tertiary/aromatic N) is 1. The van der Waals surface area contributed by atoms with Gasteiger partial charge in [-0.15, -0.1) is 0 Å². The van der Waals surface area contributed by atoms with Gasteiger partial charge in [-0.25, -0.2) is 9.59 Å². The minimum Gasteiger partial charge on any atom is -0.479 e. The zero-order valence-corrected chi connectivity index (χ0v) is 18.8. The second-order valence-corrected chi connectivity index (χ2v) is 9.40. The predicted molar refractivity (Wildman–Crippen MR) is 123 cm³/mol. The van der Waals surface area contributed by atoms with Gasteiger partial charge in [0.25, 0.3) is 0 Å². The molecule has 3 N–H and O–H groups in total. The molecule has 2 bridgehead atoms. The molecule has 3 aliphatic rings. The molecular weight excluding hydrogens is 436 g/mol. The van der Waals surface area contributed by atoms with Crippen LogP contribution in [0.3, 0.4) is 0 Å². The van der Waals surface area contributed by atoms with E-state index in [0.717, 1.165) is 22.3 Å². The number of amides is 2. The van der Waals surface area contributed by atoms with E-state index in [9.17, 15) is 24.6 Å². The lowest BCUT2D eigenvalue weighted by Gasteiger charge is -2.31. The SMILES string of the molecule is O=C(NCC(O)CC(=O)N1C2CCC1(C(=O)O)CC2)OCC1c2ccccc2-c2ccccc21. The van der Waals surface area contributed by atoms with Crippen molar-refractivity contribution in [1.82, 2.24) is 10.2 Å². The first-order chi connectivity index (χ1) is 16.4. The fourth-order valence-electron chi connectivity index (χ4n) is 5.91. The maximum atomic E-state index is 12.8. The van der Waals surface area contributed by atoms with Crippen molar-refractivity contribution in [3.05, 3.63) is 59.7 Å². The van der Waals surface area contributed by atoms with E-state index in [-0.39, 0.29) is 37.4 Å². The maximum Gasteiger partial charge on any atom is 0.407 e. The van der Waals surface area contributed by atoms with Crippen molar-refractivity contribution in [1.29, 1.82) is 0 Å². The predicted octanol–water partition coefficient (Wildman–Crippen LogP) is 2.88. The zero-order valence-electron chi connectivity index (χ0n) is 18.8. The Hall–Kier alpha value is -3.39. The second kappa shape index (κ2) is 8.76. The van der Waals surface area contributed by atoms with Crippen LogP contribution in [0.15, 0.2) is 48.5 Å². The molecule has 8 heteroatoms. The summed E-state index contributed by atoms with van der Waals surface area (Å²) in [5, 5.41) is 22.5. The first-order valence-corrected chi connectivity index (χ1v) is 11.7. The number of ether oxygens (including phenoxy) is 1. The van der Waals surface area contributed by atoms with Crippen LogP contribution < -0.4 is 5.32 Å². The average Bonchev–Trinajstić information content (AvgIpc) is 3.50. The maximum absolute atomic E-state index is 12.8. The number of carboxylic acids is 1. The smallest absolute Gasteiger partial charge is 0.407 e. The highest BCUT2D eigenvalue weighted by Gasteiger charge is 2.58. The summed E-state index contributed by atoms with van der Waals surface area (Å²) < 4.78 is 5.45. The lowest BCUT2D eigenvalue weighted by atomic mass is 9.88. The largest absolute Gasteiger partial charge is 0.479 e. The lowest BCUT2D eigenvalue weighted by molar-refractivity contribution is -0.156. The zero-order chi connectivity index (χ0) is 23.9. The standard InChI is InChI=1S/C26H28N2O6/c29-17(13-23(30)28-16-9-11-26(28,12-10-16)24(31)32)14-27-25(33)34-15-22-20-7-3-1-5-18(20)19-6-2-4-8-21(19)22/h1-8,16-17,22,29H,9-15H2,(H,27,33)(H,31,32). The topological polar surface area (TPSA) is 116 Å². The summed E-state index contributed by atoms with van der Waals surface area (Å²) in [6.45, 7) is 0.00642. The van der Waals surface area contributed by atoms with E-state index in [1.807, 2.05) is 36.4 Å². The second-order valence-electron chi connectivity index (χ2n) is 9.40. The van der Waals surface area contributed by atoms with Crippen molar-refractivity contribution in [3.63, 3.8) is 0 Å². The van der Waals surface area contributed by atoms with Crippen molar-refractivity contribution in [2.45, 2.75) is 55.7 Å². The van der Waals surface area contributed by atoms with E-state index < -0.39 is 23.7 Å². The number of hydrogen-bond acceptors (Lipinski definition) is 5. The van der Waals surface area contributed by atoms with Crippen LogP contribution in [0.25, 0.3) is 11.1 Å². The number of aliphatic hydroxyl groups is 1. The van der Waals surface area contributed by atoms with Crippen molar-refractivity contribution in [2.24, 2.45) is 0 Å². The van der Waals surface area contributed by atoms with Gasteiger partial charge in [0.2, 0.25) is 5.91 Å². The number of hydrogen-bond donors (Lipinski definition) is 3. The quantitative estimate of drug-likeness (QED) is 0.580. The van der Waals surface area contributed by atoms with Gasteiger partial charge in [0.05, 0.1) is 12.5 Å². The highest BCUT2D eigenvalue weighted by atomic mass is 16.5. The Kier molecular flexibility index (Phi) is 5.77. The van der Waals surface area contributed by atoms with Gasteiger partial charge in [-0.2, -0.15) is 0 Å². The molecule has 2 aromatic carbocycles. The molecule has 0 saturated carbocycles. The van der Waals surface area contributed by atoms with Crippen LogP contribution in [0.5, 0.6) is 0 Å². The van der Waals surface area contributed by atoms with E-state index in [4.69, 9.17) is 4.74 Å². The summed E-state index contributed by atoms with van der Waals surface area (Å²) in [5.74, 6) is -1.43. The van der Waals surface area contributed by atoms with E-state index >= 15 is 0 Å². The van der Waals surface area contributed by atoms with Gasteiger partial charge in [0.1, 0.15) is 12.1 Å². The van der Waals surface area contributed by atoms with Crippen molar-refractivity contribution in [3.8, 4) is 11.1 Å². The van der Waals surface area contributed by atoms with Crippen molar-refractivity contribution < 1.29 is 29.3 Å². The van der Waals surface area contributed by atoms with E-state index in [0.29, 0.717) is 25.7 Å². The highest BCUT2D eigenvalue weighted by molar-refractivity contribution is 5.89. The number of carboxylic acid groups (broad SMARTS) is 1. The Bertz CT molecular complexity index is 1080. The Balaban J connectivity index is 1.13. The molecule has 178 valence electrons. The van der Waals surface area contributed by atoms with Gasteiger partial charge < -0.3 is 25.2 Å². The normalized spacial score (nSPS) is 23.3. The van der Waals surface area contributed by atoms with E-state index in [2.05, 4.69) is 17.4 Å². The molecule has 0 spiro atoms. The Morgan fingerprint density at radius 2 is 1.62 bits per heavy atom. The van der Waals surface area contributed by atoms with Crippen LogP contribution in [-0.4, -0.2) is 63.9 Å². The van der Waals surface area contributed by atoms with Crippen LogP contribution in [0.1, 0.15) is 49.1 Å². The number of rotatable bonds is 7. The number of alkyl carbamates (subject to hydrolysis) is 1. The van der Waals surface area contributed by atoms with E-state index in [1.54, 1.807) is 0 Å². The van der Waals surface area contributed by atoms with Crippen LogP contribution in [0.4, 0.5) is 4.79 Å². The van der Waals surface area contributed by atoms with Crippen LogP contribution in [0.2, 0.25) is 0 Å². The van der Waals surface area contributed by atoms with E-state index in [1.165, 1.54) is 4.90 Å². The number of nitrogens with one attached hydrogen (secondary N) is 1. The molecule has 2 amide bonds. The Morgan fingerprint density at radius 1 is 1.03 bits per heavy atom. The molecular formula is C26H28N2O6. The summed E-state index contributed by atoms with van der Waals surface area (Å²) in [7, 11) is 0. The number of carbonyl (C=O) groups excluding carboxylic acids is 2. The third-order valence-electron chi connectivity index (χ3n) is 7.51. The number of aliphatic carboxylic acids is 1. The molecule has 2 saturated heterocycles. The fourth-order valence-corrected chi connectivity index (χ4v) is 5.91. The summed E-state index contributed by atoms with van der Waals surface area (Å²) in [6, 6.07) is 16.0. The summed E-state index contributed by atoms with van der Waals surface area (Å²) in [6.07, 6.45) is 0.211. The lowest BCUT2D eigenvalue weighted by Crippen LogP contribution is -2.51. The summed E-state index contributed by atoms with van der Waals surface area (Å²) >= 11 is 0. The Labute approximate surface area is 197 Å². The Morgan fingerprint density at radius 3 is 2.21 bits per heavy atom. The minimum atomic E-state index is -1.14. The molecule has 0 aromatic heterocycles. The van der Waals surface area contributed by atoms with Gasteiger partial charge in [0, 0.05) is 18.5 Å². The van der Waals surface area contributed by atoms with Crippen molar-refractivity contribution >= 4 is 18.0 Å². The fraction of sp³-hybridized carbons (Fsp3) is 0.423. The molecule has 2 aliphatic heterocycles. The van der Waals surface area contributed by atoms with Gasteiger partial charge in [0.15, 0.2) is 0 Å². The number of aliphatic hydroxyl groups excluding tert-OH is 1. The van der Waals surface area contributed by atoms with Gasteiger partial charge in [-0.3, -0.25) is 4.79 Å². The molecule has 8 nitrogen and oxygen atoms in total. The monoisotopic (exact) mass is 464 g/mol. The summed E-state index contributed by atoms with van der Waals surface area (Å²) in [4.78, 5) is 38.3. The highest BCUT2D eigenvalue weighted by Crippen LogP contribution is 2.47. The molecule has 2 heterocycles. The van der Waals surface area contributed by atoms with Crippen molar-refractivity contribution in [2.75, 3.05) is 13.2 Å². The van der Waals surface area contributed by atoms with Crippen LogP contribution >= 0.6 is 0 Å². The molecule has 2 fully saturated rings. The third kappa shape index (κ3) is 3.72. The molecule has 0 radical (unpaired) electrons. The average molecular weight is 465 g/mol. The third-order valence-corrected chi connectivity index (χ3v) is 7.51.